The molecule has 1 aliphatic rings. The molecule has 1 rings (SSSR count). The molecule has 5 atom stereocenters. The molecule has 1 fully saturated rings. The quantitative estimate of drug-likeness (QED) is 0.575. The third-order valence-corrected chi connectivity index (χ3v) is 5.33. The smallest absolute Gasteiger partial charge is 0.364 e. The molecule has 1 N–H and O–H groups in total. The van der Waals surface area contributed by atoms with Crippen molar-refractivity contribution in [3.05, 3.63) is 0 Å². The average molecular weight is 312 g/mol. The third kappa shape index (κ3) is 3.60. The molecule has 0 bridgehead atoms. The molecule has 2 radical (unpaired) electrons. The largest absolute Gasteiger partial charge is 0.387 e. The van der Waals surface area contributed by atoms with E-state index in [2.05, 4.69) is 0 Å². The topological polar surface area (TPSA) is 65.0 Å². The predicted molar refractivity (Wildman–Crippen MR) is 70.3 cm³/mol. The van der Waals surface area contributed by atoms with Crippen LogP contribution in [-0.4, -0.2) is 56.0 Å². The molecule has 1 saturated heterocycles. The molecule has 0 saturated carbocycles. The van der Waals surface area contributed by atoms with Crippen molar-refractivity contribution in [2.45, 2.75) is 57.0 Å². The van der Waals surface area contributed by atoms with Crippen LogP contribution in [0.3, 0.4) is 0 Å². The van der Waals surface area contributed by atoms with E-state index in [1.54, 1.807) is 13.8 Å². The van der Waals surface area contributed by atoms with Gasteiger partial charge in [0.25, 0.3) is 0 Å². The van der Waals surface area contributed by atoms with Gasteiger partial charge in [-0.15, -0.1) is 0 Å². The van der Waals surface area contributed by atoms with Crippen molar-refractivity contribution >= 4 is 15.4 Å². The highest BCUT2D eigenvalue weighted by atomic mass is 31.2. The van der Waals surface area contributed by atoms with E-state index in [4.69, 9.17) is 21.6 Å². The van der Waals surface area contributed by atoms with E-state index in [0.717, 1.165) is 6.92 Å². The van der Waals surface area contributed by atoms with Gasteiger partial charge in [-0.05, 0) is 20.8 Å². The number of rotatable bonds is 7. The fraction of sp³-hybridized carbons (Fsp3) is 1.00. The molecular weight excluding hydrogens is 292 g/mol. The fourth-order valence-electron chi connectivity index (χ4n) is 1.99. The van der Waals surface area contributed by atoms with Crippen molar-refractivity contribution < 1.29 is 32.2 Å². The van der Waals surface area contributed by atoms with Crippen LogP contribution in [0.15, 0.2) is 0 Å². The molecule has 9 heteroatoms. The van der Waals surface area contributed by atoms with E-state index < -0.39 is 43.8 Å². The lowest BCUT2D eigenvalue weighted by Crippen LogP contribution is -2.41. The van der Waals surface area contributed by atoms with Gasteiger partial charge < -0.3 is 18.9 Å². The Labute approximate surface area is 118 Å². The summed E-state index contributed by atoms with van der Waals surface area (Å²) in [6.07, 6.45) is -3.33. The molecule has 0 amide bonds. The van der Waals surface area contributed by atoms with Gasteiger partial charge in [0, 0.05) is 6.42 Å². The molecular formula is C11H20BF2O5P. The highest BCUT2D eigenvalue weighted by Gasteiger charge is 2.53. The Balaban J connectivity index is 2.75. The highest BCUT2D eigenvalue weighted by molar-refractivity contribution is 7.54. The first-order valence-corrected chi connectivity index (χ1v) is 8.11. The summed E-state index contributed by atoms with van der Waals surface area (Å²) >= 11 is 0. The van der Waals surface area contributed by atoms with Gasteiger partial charge in [0.05, 0.1) is 25.3 Å². The van der Waals surface area contributed by atoms with E-state index >= 15 is 0 Å². The van der Waals surface area contributed by atoms with Crippen molar-refractivity contribution in [1.82, 2.24) is 0 Å². The summed E-state index contributed by atoms with van der Waals surface area (Å²) in [5.41, 5.74) is -2.19. The lowest BCUT2D eigenvalue weighted by atomic mass is 9.83. The van der Waals surface area contributed by atoms with Gasteiger partial charge in [0.2, 0.25) is 5.91 Å². The van der Waals surface area contributed by atoms with Crippen LogP contribution >= 0.6 is 7.60 Å². The van der Waals surface area contributed by atoms with Crippen molar-refractivity contribution in [2.75, 3.05) is 13.2 Å². The Morgan fingerprint density at radius 3 is 2.30 bits per heavy atom. The minimum absolute atomic E-state index is 0.00607. The number of ether oxygens (including phenoxy) is 1. The molecule has 5 nitrogen and oxygen atoms in total. The summed E-state index contributed by atoms with van der Waals surface area (Å²) in [6.45, 7) is 4.18. The molecule has 0 aromatic heterocycles. The van der Waals surface area contributed by atoms with Crippen LogP contribution in [0.2, 0.25) is 0 Å². The maximum atomic E-state index is 14.2. The number of halogens is 2. The average Bonchev–Trinajstić information content (AvgIpc) is 2.54. The van der Waals surface area contributed by atoms with Crippen molar-refractivity contribution in [2.24, 2.45) is 0 Å². The van der Waals surface area contributed by atoms with Gasteiger partial charge in [-0.3, -0.25) is 4.57 Å². The van der Waals surface area contributed by atoms with Gasteiger partial charge in [-0.25, -0.2) is 8.78 Å². The summed E-state index contributed by atoms with van der Waals surface area (Å²) in [4.78, 5) is 0. The highest BCUT2D eigenvalue weighted by Crippen LogP contribution is 2.56. The molecule has 0 aromatic carbocycles. The maximum Gasteiger partial charge on any atom is 0.364 e. The Kier molecular flexibility index (Phi) is 6.17. The molecule has 1 heterocycles. The van der Waals surface area contributed by atoms with Gasteiger partial charge in [-0.1, -0.05) is 0 Å². The zero-order chi connectivity index (χ0) is 15.6. The van der Waals surface area contributed by atoms with E-state index in [1.807, 2.05) is 0 Å². The summed E-state index contributed by atoms with van der Waals surface area (Å²) in [5.74, 6) is -2.02. The monoisotopic (exact) mass is 312 g/mol. The van der Waals surface area contributed by atoms with E-state index in [0.29, 0.717) is 0 Å². The van der Waals surface area contributed by atoms with Crippen LogP contribution < -0.4 is 0 Å². The number of aliphatic hydroxyl groups is 1. The minimum Gasteiger partial charge on any atom is -0.387 e. The normalized spacial score (nSPS) is 36.2. The van der Waals surface area contributed by atoms with Crippen molar-refractivity contribution in [3.8, 4) is 0 Å². The Morgan fingerprint density at radius 2 is 1.95 bits per heavy atom. The lowest BCUT2D eigenvalue weighted by Gasteiger charge is -2.24. The molecule has 0 spiro atoms. The lowest BCUT2D eigenvalue weighted by molar-refractivity contribution is 0.00538. The first-order valence-electron chi connectivity index (χ1n) is 6.49. The zero-order valence-electron chi connectivity index (χ0n) is 11.8. The summed E-state index contributed by atoms with van der Waals surface area (Å²) in [6, 6.07) is -1.37. The van der Waals surface area contributed by atoms with E-state index in [9.17, 15) is 18.5 Å². The third-order valence-electron chi connectivity index (χ3n) is 3.20. The Hall–Kier alpha value is -0.00506. The maximum absolute atomic E-state index is 14.2. The fourth-order valence-corrected chi connectivity index (χ4v) is 3.58. The van der Waals surface area contributed by atoms with Gasteiger partial charge in [-0.2, -0.15) is 0 Å². The second kappa shape index (κ2) is 6.84. The van der Waals surface area contributed by atoms with E-state index in [1.165, 1.54) is 0 Å². The van der Waals surface area contributed by atoms with Crippen LogP contribution in [-0.2, 0) is 18.3 Å². The molecule has 20 heavy (non-hydrogen) atoms. The summed E-state index contributed by atoms with van der Waals surface area (Å²) in [5, 5.41) is 9.74. The minimum atomic E-state index is -3.97. The summed E-state index contributed by atoms with van der Waals surface area (Å²) < 4.78 is 55.0. The molecule has 116 valence electrons. The first-order chi connectivity index (χ1) is 9.19. The molecule has 0 aliphatic carbocycles. The number of aliphatic hydroxyl groups excluding tert-OH is 1. The van der Waals surface area contributed by atoms with Crippen LogP contribution in [0.5, 0.6) is 0 Å². The Bertz CT molecular complexity index is 361. The Morgan fingerprint density at radius 1 is 1.45 bits per heavy atom. The number of hydrogen-bond acceptors (Lipinski definition) is 5. The van der Waals surface area contributed by atoms with Gasteiger partial charge in [0.1, 0.15) is 14.0 Å². The van der Waals surface area contributed by atoms with Crippen molar-refractivity contribution in [1.29, 1.82) is 0 Å². The predicted octanol–water partition coefficient (Wildman–Crippen LogP) is 1.92. The van der Waals surface area contributed by atoms with Gasteiger partial charge >= 0.3 is 7.60 Å². The SMILES string of the molecule is [B][C@@H]1O[C@H](CC(F)P(=O)(OCC)OCC)C(O)C1(C)F. The number of hydrogen-bond donors (Lipinski definition) is 1. The number of alkyl halides is 2. The standard InChI is InChI=1S/C11H20BF2O5P/c1-4-17-20(16,18-5-2)8(13)6-7-9(15)11(3,14)10(12)19-7/h7-10,15H,4-6H2,1-3H3/t7-,8?,9?,10-,11?/m1/s1. The molecule has 0 aromatic rings. The van der Waals surface area contributed by atoms with Crippen molar-refractivity contribution in [3.63, 3.8) is 0 Å². The van der Waals surface area contributed by atoms with Crippen LogP contribution in [0.25, 0.3) is 0 Å². The van der Waals surface area contributed by atoms with Crippen LogP contribution in [0.1, 0.15) is 27.2 Å². The van der Waals surface area contributed by atoms with Crippen LogP contribution in [0.4, 0.5) is 8.78 Å². The first kappa shape index (κ1) is 18.0. The molecule has 1 aliphatic heterocycles. The van der Waals surface area contributed by atoms with E-state index in [-0.39, 0.29) is 13.2 Å². The second-order valence-corrected chi connectivity index (χ2v) is 6.89. The van der Waals surface area contributed by atoms with Gasteiger partial charge in [0.15, 0.2) is 5.67 Å². The molecule has 3 unspecified atom stereocenters. The second-order valence-electron chi connectivity index (χ2n) is 4.74. The summed E-state index contributed by atoms with van der Waals surface area (Å²) in [7, 11) is 1.41. The van der Waals surface area contributed by atoms with Crippen LogP contribution in [0, 0.1) is 0 Å². The zero-order valence-corrected chi connectivity index (χ0v) is 12.7.